The van der Waals surface area contributed by atoms with Gasteiger partial charge in [0, 0.05) is 50.1 Å². The number of aliphatic hydroxyl groups excluding tert-OH is 1. The topological polar surface area (TPSA) is 148 Å². The summed E-state index contributed by atoms with van der Waals surface area (Å²) < 4.78 is 12.0. The van der Waals surface area contributed by atoms with Gasteiger partial charge in [0.25, 0.3) is 0 Å². The lowest BCUT2D eigenvalue weighted by Crippen LogP contribution is -2.40. The van der Waals surface area contributed by atoms with Crippen molar-refractivity contribution < 1.29 is 19.4 Å². The van der Waals surface area contributed by atoms with E-state index < -0.39 is 0 Å². The monoisotopic (exact) mass is 649 g/mol. The Morgan fingerprint density at radius 1 is 1.21 bits per heavy atom. The molecule has 0 unspecified atom stereocenters. The van der Waals surface area contributed by atoms with Crippen LogP contribution in [0.2, 0.25) is 0 Å². The van der Waals surface area contributed by atoms with Crippen molar-refractivity contribution in [3.05, 3.63) is 78.1 Å². The van der Waals surface area contributed by atoms with Gasteiger partial charge in [-0.1, -0.05) is 50.8 Å². The highest BCUT2D eigenvalue weighted by atomic mass is 16.5. The minimum absolute atomic E-state index is 0.0308. The number of benzene rings is 2. The Hall–Kier alpha value is -3.90. The van der Waals surface area contributed by atoms with Crippen LogP contribution in [0.15, 0.2) is 67.0 Å². The highest BCUT2D eigenvalue weighted by Crippen LogP contribution is 2.36. The molecule has 1 heterocycles. The molecule has 11 nitrogen and oxygen atoms in total. The predicted octanol–water partition coefficient (Wildman–Crippen LogP) is 3.99. The number of hydrogen-bond donors (Lipinski definition) is 6. The number of nitrogens with one attached hydrogen (secondary N) is 4. The molecule has 1 aliphatic rings. The zero-order valence-corrected chi connectivity index (χ0v) is 28.4. The maximum Gasteiger partial charge on any atom is 0.247 e. The number of anilines is 2. The van der Waals surface area contributed by atoms with Crippen molar-refractivity contribution in [1.29, 1.82) is 5.41 Å². The summed E-state index contributed by atoms with van der Waals surface area (Å²) in [6.45, 7) is 13.3. The van der Waals surface area contributed by atoms with E-state index in [0.717, 1.165) is 69.0 Å². The summed E-state index contributed by atoms with van der Waals surface area (Å²) in [5, 5.41) is 24.6. The molecule has 1 aliphatic heterocycles. The van der Waals surface area contributed by atoms with Gasteiger partial charge in [0.15, 0.2) is 0 Å². The number of aliphatic hydroxyl groups is 1. The molecule has 0 radical (unpaired) electrons. The number of rotatable bonds is 21. The summed E-state index contributed by atoms with van der Waals surface area (Å²) in [6, 6.07) is 13.9. The van der Waals surface area contributed by atoms with E-state index in [1.807, 2.05) is 42.5 Å². The Labute approximate surface area is 280 Å². The van der Waals surface area contributed by atoms with E-state index >= 15 is 0 Å². The molecule has 0 aliphatic carbocycles. The fraction of sp³-hybridized carbons (Fsp3) is 0.500. The molecule has 1 fully saturated rings. The van der Waals surface area contributed by atoms with Crippen LogP contribution in [0.3, 0.4) is 0 Å². The Balaban J connectivity index is 1.68. The van der Waals surface area contributed by atoms with E-state index in [1.54, 1.807) is 13.2 Å². The number of carbonyl (C=O) groups is 1. The van der Waals surface area contributed by atoms with E-state index in [1.165, 1.54) is 6.08 Å². The number of hydrazine groups is 1. The zero-order chi connectivity index (χ0) is 34.0. The van der Waals surface area contributed by atoms with Crippen molar-refractivity contribution in [2.75, 3.05) is 63.3 Å². The molecule has 2 aromatic rings. The highest BCUT2D eigenvalue weighted by Gasteiger charge is 2.24. The van der Waals surface area contributed by atoms with E-state index in [-0.39, 0.29) is 24.7 Å². The Morgan fingerprint density at radius 3 is 2.55 bits per heavy atom. The van der Waals surface area contributed by atoms with Crippen LogP contribution in [0.5, 0.6) is 5.75 Å². The van der Waals surface area contributed by atoms with Crippen LogP contribution >= 0.6 is 0 Å². The molecule has 3 rings (SSSR count). The number of likely N-dealkylation sites (N-methyl/N-ethyl adjacent to an activating group) is 1. The molecule has 2 aromatic carbocycles. The van der Waals surface area contributed by atoms with Crippen molar-refractivity contribution in [3.8, 4) is 5.75 Å². The Kier molecular flexibility index (Phi) is 16.3. The second kappa shape index (κ2) is 20.4. The third-order valence-electron chi connectivity index (χ3n) is 8.58. The van der Waals surface area contributed by atoms with Crippen LogP contribution in [0.1, 0.15) is 50.7 Å². The number of carbonyl (C=O) groups excluding carboxylic acids is 1. The van der Waals surface area contributed by atoms with Gasteiger partial charge in [0.2, 0.25) is 5.91 Å². The second-order valence-electron chi connectivity index (χ2n) is 11.7. The van der Waals surface area contributed by atoms with Crippen LogP contribution < -0.4 is 31.5 Å². The van der Waals surface area contributed by atoms with Crippen LogP contribution in [0.4, 0.5) is 11.4 Å². The van der Waals surface area contributed by atoms with Crippen molar-refractivity contribution >= 4 is 23.0 Å². The van der Waals surface area contributed by atoms with Crippen molar-refractivity contribution in [3.63, 3.8) is 0 Å². The van der Waals surface area contributed by atoms with Crippen molar-refractivity contribution in [1.82, 2.24) is 15.6 Å². The van der Waals surface area contributed by atoms with E-state index in [0.29, 0.717) is 48.7 Å². The molecular weight excluding hydrogens is 594 g/mol. The van der Waals surface area contributed by atoms with Gasteiger partial charge in [-0.05, 0) is 74.9 Å². The molecule has 0 saturated carbocycles. The number of hydrogen-bond acceptors (Lipinski definition) is 10. The molecular formula is C36H55N7O4. The molecule has 47 heavy (non-hydrogen) atoms. The predicted molar refractivity (Wildman–Crippen MR) is 191 cm³/mol. The summed E-state index contributed by atoms with van der Waals surface area (Å²) in [7, 11) is 1.64. The minimum Gasteiger partial charge on any atom is -0.496 e. The van der Waals surface area contributed by atoms with E-state index in [2.05, 4.69) is 46.3 Å². The number of aryl methyl sites for hydroxylation is 1. The highest BCUT2D eigenvalue weighted by molar-refractivity contribution is 6.01. The molecule has 1 saturated heterocycles. The fourth-order valence-electron chi connectivity index (χ4n) is 5.84. The van der Waals surface area contributed by atoms with Crippen LogP contribution in [0.25, 0.3) is 0 Å². The number of allylic oxidation sites excluding steroid dienone is 1. The van der Waals surface area contributed by atoms with Gasteiger partial charge in [0.1, 0.15) is 11.6 Å². The largest absolute Gasteiger partial charge is 0.496 e. The number of methoxy groups -OCH3 is 1. The Bertz CT molecular complexity index is 1290. The van der Waals surface area contributed by atoms with Gasteiger partial charge in [-0.25, -0.2) is 5.84 Å². The van der Waals surface area contributed by atoms with Crippen LogP contribution in [0, 0.1) is 5.41 Å². The number of piperidine rings is 1. The van der Waals surface area contributed by atoms with E-state index in [9.17, 15) is 9.90 Å². The SMILES string of the molecule is C=CC(=O)Nc1cc(CCC(=N)/C=C(\NN)N[C@H](CCO)Cc2ccccc2)c(OC)cc1N1CCC(OCCN(CC)CC)CC1. The van der Waals surface area contributed by atoms with Gasteiger partial charge < -0.3 is 45.8 Å². The lowest BCUT2D eigenvalue weighted by Gasteiger charge is -2.35. The summed E-state index contributed by atoms with van der Waals surface area (Å²) in [4.78, 5) is 17.1. The van der Waals surface area contributed by atoms with E-state index in [4.69, 9.17) is 20.7 Å². The lowest BCUT2D eigenvalue weighted by molar-refractivity contribution is -0.111. The van der Waals surface area contributed by atoms with Crippen LogP contribution in [-0.4, -0.2) is 86.8 Å². The van der Waals surface area contributed by atoms with Gasteiger partial charge in [0.05, 0.1) is 31.2 Å². The normalized spacial score (nSPS) is 14.5. The first kappa shape index (κ1) is 37.6. The smallest absolute Gasteiger partial charge is 0.247 e. The number of ether oxygens (including phenoxy) is 2. The third kappa shape index (κ3) is 12.3. The fourth-order valence-corrected chi connectivity index (χ4v) is 5.84. The number of nitrogens with two attached hydrogens (primary N) is 1. The maximum absolute atomic E-state index is 12.4. The summed E-state index contributed by atoms with van der Waals surface area (Å²) in [5.41, 5.74) is 6.62. The molecule has 258 valence electrons. The summed E-state index contributed by atoms with van der Waals surface area (Å²) in [6.07, 6.45) is 7.12. The van der Waals surface area contributed by atoms with Crippen molar-refractivity contribution in [2.45, 2.75) is 64.5 Å². The third-order valence-corrected chi connectivity index (χ3v) is 8.58. The first-order valence-corrected chi connectivity index (χ1v) is 16.7. The molecule has 0 aromatic heterocycles. The van der Waals surface area contributed by atoms with Gasteiger partial charge in [-0.3, -0.25) is 4.79 Å². The molecule has 0 spiro atoms. The number of nitrogens with zero attached hydrogens (tertiary/aromatic N) is 2. The maximum atomic E-state index is 12.4. The average Bonchev–Trinajstić information content (AvgIpc) is 3.09. The zero-order valence-electron chi connectivity index (χ0n) is 28.4. The van der Waals surface area contributed by atoms with Gasteiger partial charge in [-0.15, -0.1) is 0 Å². The second-order valence-corrected chi connectivity index (χ2v) is 11.7. The standard InChI is InChI=1S/C36H55N7O4/c1-5-36(45)40-32-24-28(13-14-29(37)25-35(41-38)39-30(17-21-44)23-27-11-9-8-10-12-27)34(46-4)26-33(32)43-18-15-31(16-19-43)47-22-20-42(6-2)7-3/h5,8-12,24-26,30-31,37,39,41,44H,1,6-7,13-23,38H2,2-4H3,(H,40,45)/b35-25-,37-29?/t30-/m1/s1. The quantitative estimate of drug-likeness (QED) is 0.0511. The molecule has 0 bridgehead atoms. The molecule has 11 heteroatoms. The van der Waals surface area contributed by atoms with Crippen LogP contribution in [-0.2, 0) is 22.4 Å². The summed E-state index contributed by atoms with van der Waals surface area (Å²) in [5.74, 6) is 6.73. The molecule has 1 amide bonds. The lowest BCUT2D eigenvalue weighted by atomic mass is 10.0. The molecule has 7 N–H and O–H groups in total. The molecule has 1 atom stereocenters. The van der Waals surface area contributed by atoms with Gasteiger partial charge in [-0.2, -0.15) is 0 Å². The minimum atomic E-state index is -0.287. The first-order chi connectivity index (χ1) is 22.8. The summed E-state index contributed by atoms with van der Waals surface area (Å²) >= 11 is 0. The number of amides is 1. The van der Waals surface area contributed by atoms with Gasteiger partial charge >= 0.3 is 0 Å². The average molecular weight is 650 g/mol. The Morgan fingerprint density at radius 2 is 1.94 bits per heavy atom. The first-order valence-electron chi connectivity index (χ1n) is 16.7. The van der Waals surface area contributed by atoms with Crippen molar-refractivity contribution in [2.24, 2.45) is 5.84 Å².